The van der Waals surface area contributed by atoms with E-state index in [0.717, 1.165) is 21.2 Å². The summed E-state index contributed by atoms with van der Waals surface area (Å²) >= 11 is 7.01. The predicted molar refractivity (Wildman–Crippen MR) is 86.0 cm³/mol. The van der Waals surface area contributed by atoms with Gasteiger partial charge in [0.1, 0.15) is 0 Å². The highest BCUT2D eigenvalue weighted by Crippen LogP contribution is 2.31. The fourth-order valence-corrected chi connectivity index (χ4v) is 2.71. The maximum Gasteiger partial charge on any atom is 0.0992 e. The van der Waals surface area contributed by atoms with E-state index in [0.29, 0.717) is 5.56 Å². The second-order valence-electron chi connectivity index (χ2n) is 4.13. The molecule has 0 bridgehead atoms. The number of alkyl halides is 1. The van der Waals surface area contributed by atoms with E-state index in [-0.39, 0.29) is 0 Å². The average Bonchev–Trinajstić information content (AvgIpc) is 2.46. The number of benzene rings is 2. The van der Waals surface area contributed by atoms with Crippen LogP contribution in [0.5, 0.6) is 0 Å². The van der Waals surface area contributed by atoms with Gasteiger partial charge in [0.05, 0.1) is 11.6 Å². The Balaban J connectivity index is 2.46. The van der Waals surface area contributed by atoms with Gasteiger partial charge in [0.2, 0.25) is 0 Å². The SMILES string of the molecule is CN(c1cccc(C#N)c1)c1cc(Br)ccc1CBr. The Labute approximate surface area is 129 Å². The van der Waals surface area contributed by atoms with Crippen molar-refractivity contribution in [3.63, 3.8) is 0 Å². The van der Waals surface area contributed by atoms with Gasteiger partial charge in [-0.3, -0.25) is 0 Å². The molecule has 0 aliphatic carbocycles. The molecule has 96 valence electrons. The molecule has 0 aromatic heterocycles. The monoisotopic (exact) mass is 378 g/mol. The minimum atomic E-state index is 0.666. The first-order valence-corrected chi connectivity index (χ1v) is 7.65. The van der Waals surface area contributed by atoms with Gasteiger partial charge in [-0.15, -0.1) is 0 Å². The van der Waals surface area contributed by atoms with Crippen molar-refractivity contribution in [2.75, 3.05) is 11.9 Å². The lowest BCUT2D eigenvalue weighted by molar-refractivity contribution is 1.18. The molecule has 0 spiro atoms. The third-order valence-corrected chi connectivity index (χ3v) is 4.01. The predicted octanol–water partition coefficient (Wildman–Crippen LogP) is 4.98. The highest BCUT2D eigenvalue weighted by Gasteiger charge is 2.10. The van der Waals surface area contributed by atoms with E-state index in [4.69, 9.17) is 5.26 Å². The molecule has 0 heterocycles. The van der Waals surface area contributed by atoms with E-state index >= 15 is 0 Å². The molecule has 0 amide bonds. The average molecular weight is 380 g/mol. The van der Waals surface area contributed by atoms with E-state index in [1.165, 1.54) is 5.56 Å². The number of anilines is 2. The molecule has 4 heteroatoms. The second-order valence-corrected chi connectivity index (χ2v) is 5.60. The first-order chi connectivity index (χ1) is 9.15. The topological polar surface area (TPSA) is 27.0 Å². The Morgan fingerprint density at radius 1 is 1.21 bits per heavy atom. The van der Waals surface area contributed by atoms with Crippen LogP contribution in [0.25, 0.3) is 0 Å². The minimum absolute atomic E-state index is 0.666. The van der Waals surface area contributed by atoms with Crippen LogP contribution >= 0.6 is 31.9 Å². The fraction of sp³-hybridized carbons (Fsp3) is 0.133. The van der Waals surface area contributed by atoms with E-state index < -0.39 is 0 Å². The Kier molecular flexibility index (Phi) is 4.62. The molecule has 0 aliphatic rings. The molecule has 19 heavy (non-hydrogen) atoms. The van der Waals surface area contributed by atoms with Gasteiger partial charge in [0.25, 0.3) is 0 Å². The van der Waals surface area contributed by atoms with Crippen molar-refractivity contribution in [1.29, 1.82) is 5.26 Å². The first-order valence-electron chi connectivity index (χ1n) is 5.74. The summed E-state index contributed by atoms with van der Waals surface area (Å²) in [5, 5.41) is 9.77. The number of halogens is 2. The van der Waals surface area contributed by atoms with Crippen LogP contribution in [0.4, 0.5) is 11.4 Å². The van der Waals surface area contributed by atoms with Gasteiger partial charge in [0.15, 0.2) is 0 Å². The summed E-state index contributed by atoms with van der Waals surface area (Å²) < 4.78 is 1.04. The van der Waals surface area contributed by atoms with E-state index in [1.807, 2.05) is 37.4 Å². The van der Waals surface area contributed by atoms with Gasteiger partial charge in [-0.1, -0.05) is 44.0 Å². The number of hydrogen-bond acceptors (Lipinski definition) is 2. The van der Waals surface area contributed by atoms with Gasteiger partial charge in [-0.2, -0.15) is 5.26 Å². The standard InChI is InChI=1S/C15H12Br2N2/c1-19(14-4-2-3-11(7-14)10-18)15-8-13(17)6-5-12(15)9-16/h2-8H,9H2,1H3. The summed E-state index contributed by atoms with van der Waals surface area (Å²) in [5.41, 5.74) is 3.98. The molecule has 0 saturated heterocycles. The third kappa shape index (κ3) is 3.17. The minimum Gasteiger partial charge on any atom is -0.344 e. The quantitative estimate of drug-likeness (QED) is 0.703. The fourth-order valence-electron chi connectivity index (χ4n) is 1.89. The van der Waals surface area contributed by atoms with Gasteiger partial charge in [-0.25, -0.2) is 0 Å². The van der Waals surface area contributed by atoms with Crippen molar-refractivity contribution < 1.29 is 0 Å². The number of rotatable bonds is 3. The molecule has 2 aromatic rings. The van der Waals surface area contributed by atoms with Crippen LogP contribution in [0.3, 0.4) is 0 Å². The van der Waals surface area contributed by atoms with E-state index in [1.54, 1.807) is 0 Å². The molecule has 2 rings (SSSR count). The van der Waals surface area contributed by atoms with Crippen LogP contribution < -0.4 is 4.90 Å². The van der Waals surface area contributed by atoms with Gasteiger partial charge >= 0.3 is 0 Å². The summed E-state index contributed by atoms with van der Waals surface area (Å²) in [5.74, 6) is 0. The van der Waals surface area contributed by atoms with Crippen LogP contribution in [0.15, 0.2) is 46.9 Å². The van der Waals surface area contributed by atoms with E-state index in [2.05, 4.69) is 55.0 Å². The van der Waals surface area contributed by atoms with Crippen LogP contribution in [0.2, 0.25) is 0 Å². The Bertz CT molecular complexity index is 632. The van der Waals surface area contributed by atoms with Crippen molar-refractivity contribution in [1.82, 2.24) is 0 Å². The highest BCUT2D eigenvalue weighted by molar-refractivity contribution is 9.10. The molecule has 0 saturated carbocycles. The molecule has 0 atom stereocenters. The smallest absolute Gasteiger partial charge is 0.0992 e. The van der Waals surface area contributed by atoms with Crippen molar-refractivity contribution >= 4 is 43.2 Å². The second kappa shape index (κ2) is 6.23. The summed E-state index contributed by atoms with van der Waals surface area (Å²) in [6.45, 7) is 0. The first kappa shape index (κ1) is 14.1. The molecule has 2 nitrogen and oxygen atoms in total. The molecule has 0 N–H and O–H groups in total. The summed E-state index contributed by atoms with van der Waals surface area (Å²) in [6.07, 6.45) is 0. The van der Waals surface area contributed by atoms with Crippen LogP contribution in [-0.2, 0) is 5.33 Å². The molecule has 0 unspecified atom stereocenters. The Morgan fingerprint density at radius 3 is 2.68 bits per heavy atom. The third-order valence-electron chi connectivity index (χ3n) is 2.92. The zero-order chi connectivity index (χ0) is 13.8. The lowest BCUT2D eigenvalue weighted by Crippen LogP contribution is -2.11. The van der Waals surface area contributed by atoms with E-state index in [9.17, 15) is 0 Å². The van der Waals surface area contributed by atoms with Crippen molar-refractivity contribution in [3.8, 4) is 6.07 Å². The molecule has 0 fully saturated rings. The lowest BCUT2D eigenvalue weighted by atomic mass is 10.1. The number of nitriles is 1. The van der Waals surface area contributed by atoms with Crippen molar-refractivity contribution in [2.45, 2.75) is 5.33 Å². The Morgan fingerprint density at radius 2 is 2.00 bits per heavy atom. The number of nitrogens with zero attached hydrogens (tertiary/aromatic N) is 2. The van der Waals surface area contributed by atoms with Gasteiger partial charge < -0.3 is 4.90 Å². The summed E-state index contributed by atoms with van der Waals surface area (Å²) in [7, 11) is 2.00. The van der Waals surface area contributed by atoms with Gasteiger partial charge in [0, 0.05) is 28.2 Å². The lowest BCUT2D eigenvalue weighted by Gasteiger charge is -2.22. The summed E-state index contributed by atoms with van der Waals surface area (Å²) in [6, 6.07) is 16.0. The van der Waals surface area contributed by atoms with Crippen molar-refractivity contribution in [3.05, 3.63) is 58.1 Å². The highest BCUT2D eigenvalue weighted by atomic mass is 79.9. The van der Waals surface area contributed by atoms with Crippen LogP contribution in [0.1, 0.15) is 11.1 Å². The molecular formula is C15H12Br2N2. The largest absolute Gasteiger partial charge is 0.344 e. The van der Waals surface area contributed by atoms with Crippen molar-refractivity contribution in [2.24, 2.45) is 0 Å². The molecule has 0 aliphatic heterocycles. The normalized spacial score (nSPS) is 10.0. The maximum absolute atomic E-state index is 8.98. The zero-order valence-corrected chi connectivity index (χ0v) is 13.6. The Hall–Kier alpha value is -1.31. The van der Waals surface area contributed by atoms with Crippen LogP contribution in [-0.4, -0.2) is 7.05 Å². The van der Waals surface area contributed by atoms with Crippen LogP contribution in [0, 0.1) is 11.3 Å². The zero-order valence-electron chi connectivity index (χ0n) is 10.4. The molecule has 2 aromatic carbocycles. The van der Waals surface area contributed by atoms with Gasteiger partial charge in [-0.05, 0) is 35.9 Å². The number of hydrogen-bond donors (Lipinski definition) is 0. The maximum atomic E-state index is 8.98. The summed E-state index contributed by atoms with van der Waals surface area (Å²) in [4.78, 5) is 2.09. The molecular weight excluding hydrogens is 368 g/mol. The molecule has 0 radical (unpaired) electrons.